The Morgan fingerprint density at radius 2 is 2.00 bits per heavy atom. The van der Waals surface area contributed by atoms with E-state index in [0.29, 0.717) is 12.1 Å². The zero-order valence-electron chi connectivity index (χ0n) is 15.5. The maximum Gasteiger partial charge on any atom is 0.194 e. The first-order chi connectivity index (χ1) is 12.7. The van der Waals surface area contributed by atoms with Crippen LogP contribution in [0.4, 0.5) is 10.2 Å². The summed E-state index contributed by atoms with van der Waals surface area (Å²) in [6, 6.07) is 11.2. The number of aromatic nitrogens is 1. The van der Waals surface area contributed by atoms with E-state index in [1.54, 1.807) is 13.0 Å². The van der Waals surface area contributed by atoms with Crippen molar-refractivity contribution in [3.63, 3.8) is 0 Å². The number of nitrogens with one attached hydrogen (secondary N) is 1. The molecule has 2 heterocycles. The van der Waals surface area contributed by atoms with Gasteiger partial charge in [-0.15, -0.1) is 0 Å². The third kappa shape index (κ3) is 4.50. The highest BCUT2D eigenvalue weighted by molar-refractivity contribution is 5.80. The fourth-order valence-electron chi connectivity index (χ4n) is 3.09. The number of rotatable bonds is 4. The van der Waals surface area contributed by atoms with Crippen molar-refractivity contribution in [2.75, 3.05) is 37.6 Å². The molecule has 1 fully saturated rings. The number of benzene rings is 1. The molecular formula is C20H26FN5. The van der Waals surface area contributed by atoms with Gasteiger partial charge in [0, 0.05) is 38.9 Å². The maximum atomic E-state index is 13.4. The average molecular weight is 355 g/mol. The molecular weight excluding hydrogens is 329 g/mol. The predicted molar refractivity (Wildman–Crippen MR) is 104 cm³/mol. The van der Waals surface area contributed by atoms with Gasteiger partial charge in [0.2, 0.25) is 0 Å². The molecule has 26 heavy (non-hydrogen) atoms. The normalized spacial score (nSPS) is 15.3. The van der Waals surface area contributed by atoms with Crippen LogP contribution in [-0.2, 0) is 6.54 Å². The molecule has 0 spiro atoms. The van der Waals surface area contributed by atoms with Gasteiger partial charge in [0.25, 0.3) is 0 Å². The fraction of sp³-hybridized carbons (Fsp3) is 0.400. The summed E-state index contributed by atoms with van der Waals surface area (Å²) < 4.78 is 13.4. The highest BCUT2D eigenvalue weighted by atomic mass is 19.1. The molecule has 0 unspecified atom stereocenters. The van der Waals surface area contributed by atoms with Crippen molar-refractivity contribution in [1.29, 1.82) is 0 Å². The number of hydrogen-bond acceptors (Lipinski definition) is 3. The SMILES string of the molecule is CCNC(=NCc1ccc(F)c(C)c1)N1CCN(c2ccccn2)CC1. The summed E-state index contributed by atoms with van der Waals surface area (Å²) in [4.78, 5) is 13.8. The number of nitrogens with zero attached hydrogens (tertiary/aromatic N) is 4. The molecule has 1 N–H and O–H groups in total. The first kappa shape index (κ1) is 18.2. The van der Waals surface area contributed by atoms with Gasteiger partial charge in [0.15, 0.2) is 5.96 Å². The second kappa shape index (κ2) is 8.65. The van der Waals surface area contributed by atoms with Gasteiger partial charge in [-0.05, 0) is 43.2 Å². The summed E-state index contributed by atoms with van der Waals surface area (Å²) in [6.07, 6.45) is 1.83. The summed E-state index contributed by atoms with van der Waals surface area (Å²) in [6.45, 7) is 8.84. The van der Waals surface area contributed by atoms with Crippen molar-refractivity contribution in [2.24, 2.45) is 4.99 Å². The van der Waals surface area contributed by atoms with E-state index in [1.807, 2.05) is 30.5 Å². The van der Waals surface area contributed by atoms with Crippen LogP contribution >= 0.6 is 0 Å². The lowest BCUT2D eigenvalue weighted by atomic mass is 10.1. The lowest BCUT2D eigenvalue weighted by molar-refractivity contribution is 0.371. The number of anilines is 1. The molecule has 1 saturated heterocycles. The standard InChI is InChI=1S/C20H26FN5/c1-3-22-20(24-15-17-7-8-18(21)16(2)14-17)26-12-10-25(11-13-26)19-6-4-5-9-23-19/h4-9,14H,3,10-13,15H2,1-2H3,(H,22,24). The summed E-state index contributed by atoms with van der Waals surface area (Å²) in [5, 5.41) is 3.37. The van der Waals surface area contributed by atoms with Crippen LogP contribution < -0.4 is 10.2 Å². The van der Waals surface area contributed by atoms with Gasteiger partial charge in [-0.3, -0.25) is 0 Å². The van der Waals surface area contributed by atoms with Gasteiger partial charge in [-0.1, -0.05) is 18.2 Å². The summed E-state index contributed by atoms with van der Waals surface area (Å²) in [7, 11) is 0. The number of aliphatic imine (C=N–C) groups is 1. The second-order valence-electron chi connectivity index (χ2n) is 6.42. The van der Waals surface area contributed by atoms with E-state index in [-0.39, 0.29) is 5.82 Å². The Morgan fingerprint density at radius 1 is 1.19 bits per heavy atom. The number of piperazine rings is 1. The van der Waals surface area contributed by atoms with Crippen LogP contribution in [0.25, 0.3) is 0 Å². The number of guanidine groups is 1. The predicted octanol–water partition coefficient (Wildman–Crippen LogP) is 2.82. The van der Waals surface area contributed by atoms with Crippen LogP contribution in [0.5, 0.6) is 0 Å². The van der Waals surface area contributed by atoms with Gasteiger partial charge >= 0.3 is 0 Å². The van der Waals surface area contributed by atoms with Crippen molar-refractivity contribution in [3.8, 4) is 0 Å². The van der Waals surface area contributed by atoms with Crippen molar-refractivity contribution in [2.45, 2.75) is 20.4 Å². The Balaban J connectivity index is 1.63. The zero-order valence-corrected chi connectivity index (χ0v) is 15.5. The van der Waals surface area contributed by atoms with E-state index in [0.717, 1.165) is 50.1 Å². The average Bonchev–Trinajstić information content (AvgIpc) is 2.68. The Morgan fingerprint density at radius 3 is 2.65 bits per heavy atom. The van der Waals surface area contributed by atoms with Crippen molar-refractivity contribution in [1.82, 2.24) is 15.2 Å². The molecule has 3 rings (SSSR count). The molecule has 1 aliphatic rings. The van der Waals surface area contributed by atoms with Crippen molar-refractivity contribution in [3.05, 3.63) is 59.5 Å². The third-order valence-electron chi connectivity index (χ3n) is 4.52. The zero-order chi connectivity index (χ0) is 18.4. The monoisotopic (exact) mass is 355 g/mol. The Kier molecular flexibility index (Phi) is 6.04. The number of halogens is 1. The number of aryl methyl sites for hydroxylation is 1. The molecule has 6 heteroatoms. The van der Waals surface area contributed by atoms with E-state index < -0.39 is 0 Å². The van der Waals surface area contributed by atoms with Gasteiger partial charge in [0.1, 0.15) is 11.6 Å². The molecule has 0 atom stereocenters. The lowest BCUT2D eigenvalue weighted by Gasteiger charge is -2.37. The third-order valence-corrected chi connectivity index (χ3v) is 4.52. The highest BCUT2D eigenvalue weighted by Crippen LogP contribution is 2.13. The van der Waals surface area contributed by atoms with E-state index in [1.165, 1.54) is 6.07 Å². The molecule has 138 valence electrons. The summed E-state index contributed by atoms with van der Waals surface area (Å²) >= 11 is 0. The molecule has 0 saturated carbocycles. The van der Waals surface area contributed by atoms with E-state index in [2.05, 4.69) is 27.0 Å². The first-order valence-electron chi connectivity index (χ1n) is 9.11. The van der Waals surface area contributed by atoms with Gasteiger partial charge in [0.05, 0.1) is 6.54 Å². The molecule has 0 radical (unpaired) electrons. The smallest absolute Gasteiger partial charge is 0.194 e. The van der Waals surface area contributed by atoms with Gasteiger partial charge in [-0.2, -0.15) is 0 Å². The van der Waals surface area contributed by atoms with Crippen LogP contribution in [-0.4, -0.2) is 48.6 Å². The molecule has 0 amide bonds. The minimum absolute atomic E-state index is 0.171. The summed E-state index contributed by atoms with van der Waals surface area (Å²) in [5.74, 6) is 1.77. The minimum atomic E-state index is -0.171. The maximum absolute atomic E-state index is 13.4. The largest absolute Gasteiger partial charge is 0.357 e. The Hall–Kier alpha value is -2.63. The molecule has 0 bridgehead atoms. The van der Waals surface area contributed by atoms with E-state index in [9.17, 15) is 4.39 Å². The molecule has 1 aliphatic heterocycles. The lowest BCUT2D eigenvalue weighted by Crippen LogP contribution is -2.52. The van der Waals surface area contributed by atoms with Crippen LogP contribution in [0.2, 0.25) is 0 Å². The van der Waals surface area contributed by atoms with E-state index >= 15 is 0 Å². The molecule has 5 nitrogen and oxygen atoms in total. The topological polar surface area (TPSA) is 43.8 Å². The van der Waals surface area contributed by atoms with Crippen LogP contribution in [0.3, 0.4) is 0 Å². The highest BCUT2D eigenvalue weighted by Gasteiger charge is 2.20. The number of pyridine rings is 1. The van der Waals surface area contributed by atoms with Crippen LogP contribution in [0, 0.1) is 12.7 Å². The summed E-state index contributed by atoms with van der Waals surface area (Å²) in [5.41, 5.74) is 1.68. The molecule has 1 aromatic carbocycles. The van der Waals surface area contributed by atoms with Gasteiger partial charge < -0.3 is 15.1 Å². The fourth-order valence-corrected chi connectivity index (χ4v) is 3.09. The Labute approximate surface area is 154 Å². The van der Waals surface area contributed by atoms with Crippen molar-refractivity contribution >= 4 is 11.8 Å². The Bertz CT molecular complexity index is 739. The van der Waals surface area contributed by atoms with Crippen LogP contribution in [0.1, 0.15) is 18.1 Å². The molecule has 0 aliphatic carbocycles. The number of hydrogen-bond donors (Lipinski definition) is 1. The second-order valence-corrected chi connectivity index (χ2v) is 6.42. The van der Waals surface area contributed by atoms with E-state index in [4.69, 9.17) is 4.99 Å². The van der Waals surface area contributed by atoms with Crippen molar-refractivity contribution < 1.29 is 4.39 Å². The van der Waals surface area contributed by atoms with Crippen LogP contribution in [0.15, 0.2) is 47.6 Å². The first-order valence-corrected chi connectivity index (χ1v) is 9.11. The van der Waals surface area contributed by atoms with Gasteiger partial charge in [-0.25, -0.2) is 14.4 Å². The molecule has 2 aromatic rings. The quantitative estimate of drug-likeness (QED) is 0.677. The molecule has 1 aromatic heterocycles. The minimum Gasteiger partial charge on any atom is -0.357 e.